The minimum absolute atomic E-state index is 0. The van der Waals surface area contributed by atoms with Crippen molar-refractivity contribution in [1.29, 1.82) is 0 Å². The number of carbonyl (C=O) groups excluding carboxylic acids is 2. The Morgan fingerprint density at radius 1 is 0.852 bits per heavy atom. The molecule has 0 radical (unpaired) electrons. The summed E-state index contributed by atoms with van der Waals surface area (Å²) < 4.78 is 0.327. The molecular formula is C21H43NO5. The molecule has 0 aliphatic rings. The molecule has 27 heavy (non-hydrogen) atoms. The highest BCUT2D eigenvalue weighted by atomic mass is 16.4. The molecule has 0 aromatic heterocycles. The molecule has 0 amide bonds. The Labute approximate surface area is 165 Å². The smallest absolute Gasteiger partial charge is 0.177 e. The largest absolute Gasteiger partial charge is 0.550 e. The Morgan fingerprint density at radius 3 is 1.63 bits per heavy atom. The normalized spacial score (nSPS) is 13.7. The lowest BCUT2D eigenvalue weighted by Gasteiger charge is -2.34. The standard InChI is InChI=1S/C21H41NO4.H2O/c1-5-6-7-8-9-10-11-12-13-14-15-16-19(23)21(26,17-20(24)25)18-22(2,3)4;/h26H,5-18H2,1-4H3;1H2/t21-;/m1./s1. The van der Waals surface area contributed by atoms with Gasteiger partial charge in [0, 0.05) is 18.8 Å². The summed E-state index contributed by atoms with van der Waals surface area (Å²) in [5.41, 5.74) is -1.82. The zero-order valence-electron chi connectivity index (χ0n) is 18.0. The summed E-state index contributed by atoms with van der Waals surface area (Å²) in [6.07, 6.45) is 12.7. The third-order valence-electron chi connectivity index (χ3n) is 4.70. The fourth-order valence-electron chi connectivity index (χ4n) is 3.45. The average Bonchev–Trinajstić information content (AvgIpc) is 2.49. The van der Waals surface area contributed by atoms with Gasteiger partial charge in [-0.15, -0.1) is 0 Å². The average molecular weight is 390 g/mol. The number of quaternary nitrogens is 1. The van der Waals surface area contributed by atoms with Crippen molar-refractivity contribution in [3.8, 4) is 0 Å². The van der Waals surface area contributed by atoms with Crippen molar-refractivity contribution in [3.05, 3.63) is 0 Å². The van der Waals surface area contributed by atoms with Crippen LogP contribution in [0.25, 0.3) is 0 Å². The second-order valence-electron chi connectivity index (χ2n) is 8.74. The predicted octanol–water partition coefficient (Wildman–Crippen LogP) is 2.01. The number of carbonyl (C=O) groups is 2. The molecule has 0 aromatic rings. The second-order valence-corrected chi connectivity index (χ2v) is 8.74. The number of aliphatic carboxylic acids is 1. The first kappa shape index (κ1) is 28.2. The minimum atomic E-state index is -1.82. The number of hydrogen-bond acceptors (Lipinski definition) is 4. The van der Waals surface area contributed by atoms with Crippen LogP contribution in [0.3, 0.4) is 0 Å². The molecule has 0 aliphatic heterocycles. The Kier molecular flexibility index (Phi) is 15.7. The summed E-state index contributed by atoms with van der Waals surface area (Å²) in [4.78, 5) is 23.3. The van der Waals surface area contributed by atoms with E-state index in [0.717, 1.165) is 12.8 Å². The number of rotatable bonds is 17. The molecule has 0 fully saturated rings. The molecule has 0 aliphatic carbocycles. The molecule has 0 heterocycles. The molecule has 162 valence electrons. The monoisotopic (exact) mass is 389 g/mol. The Morgan fingerprint density at radius 2 is 1.26 bits per heavy atom. The van der Waals surface area contributed by atoms with Crippen LogP contribution >= 0.6 is 0 Å². The summed E-state index contributed by atoms with van der Waals surface area (Å²) >= 11 is 0. The number of likely N-dealkylation sites (N-methyl/N-ethyl adjacent to an activating group) is 1. The van der Waals surface area contributed by atoms with Gasteiger partial charge in [0.05, 0.1) is 21.1 Å². The van der Waals surface area contributed by atoms with Gasteiger partial charge >= 0.3 is 0 Å². The van der Waals surface area contributed by atoms with Gasteiger partial charge in [0.1, 0.15) is 6.54 Å². The molecule has 3 N–H and O–H groups in total. The maximum Gasteiger partial charge on any atom is 0.177 e. The lowest BCUT2D eigenvalue weighted by molar-refractivity contribution is -0.875. The number of aliphatic hydroxyl groups is 1. The fraction of sp³-hybridized carbons (Fsp3) is 0.905. The number of Topliss-reactive ketones (excluding diaryl/α,β-unsaturated/α-hetero) is 1. The predicted molar refractivity (Wildman–Crippen MR) is 107 cm³/mol. The minimum Gasteiger partial charge on any atom is -0.550 e. The number of carboxylic acid groups (broad SMARTS) is 1. The van der Waals surface area contributed by atoms with Crippen molar-refractivity contribution in [2.75, 3.05) is 27.7 Å². The molecule has 0 spiro atoms. The summed E-state index contributed by atoms with van der Waals surface area (Å²) in [5.74, 6) is -1.75. The number of carboxylic acids is 1. The van der Waals surface area contributed by atoms with E-state index in [2.05, 4.69) is 6.92 Å². The highest BCUT2D eigenvalue weighted by molar-refractivity contribution is 5.90. The van der Waals surface area contributed by atoms with E-state index < -0.39 is 18.0 Å². The van der Waals surface area contributed by atoms with Crippen LogP contribution in [0.15, 0.2) is 0 Å². The molecule has 0 rings (SSSR count). The molecule has 0 unspecified atom stereocenters. The van der Waals surface area contributed by atoms with Gasteiger partial charge in [-0.25, -0.2) is 0 Å². The summed E-state index contributed by atoms with van der Waals surface area (Å²) in [5, 5.41) is 21.5. The quantitative estimate of drug-likeness (QED) is 0.303. The van der Waals surface area contributed by atoms with Gasteiger partial charge in [-0.1, -0.05) is 71.1 Å². The molecule has 6 heteroatoms. The van der Waals surface area contributed by atoms with Crippen LogP contribution < -0.4 is 5.11 Å². The topological polar surface area (TPSA) is 109 Å². The Balaban J connectivity index is 0. The van der Waals surface area contributed by atoms with Crippen LogP contribution in [-0.4, -0.2) is 60.1 Å². The summed E-state index contributed by atoms with van der Waals surface area (Å²) in [7, 11) is 5.49. The van der Waals surface area contributed by atoms with Gasteiger partial charge in [0.2, 0.25) is 0 Å². The molecular weight excluding hydrogens is 346 g/mol. The van der Waals surface area contributed by atoms with Crippen LogP contribution in [0.5, 0.6) is 0 Å². The van der Waals surface area contributed by atoms with Crippen molar-refractivity contribution in [2.24, 2.45) is 0 Å². The Hall–Kier alpha value is -0.980. The van der Waals surface area contributed by atoms with E-state index in [1.165, 1.54) is 51.4 Å². The van der Waals surface area contributed by atoms with Crippen molar-refractivity contribution in [1.82, 2.24) is 0 Å². The van der Waals surface area contributed by atoms with Gasteiger partial charge < -0.3 is 25.0 Å². The number of unbranched alkanes of at least 4 members (excludes halogenated alkanes) is 10. The van der Waals surface area contributed by atoms with E-state index in [-0.39, 0.29) is 24.2 Å². The SMILES string of the molecule is CCCCCCCCCCCCCC(=O)[C@@](O)(CC(=O)[O-])C[N+](C)(C)C.O. The molecule has 0 bridgehead atoms. The third kappa shape index (κ3) is 15.7. The first-order valence-electron chi connectivity index (χ1n) is 10.4. The van der Waals surface area contributed by atoms with Gasteiger partial charge in [0.25, 0.3) is 0 Å². The molecule has 0 saturated heterocycles. The van der Waals surface area contributed by atoms with E-state index in [1.807, 2.05) is 21.1 Å². The van der Waals surface area contributed by atoms with Gasteiger partial charge in [-0.3, -0.25) is 4.79 Å². The van der Waals surface area contributed by atoms with Gasteiger partial charge in [-0.05, 0) is 6.42 Å². The van der Waals surface area contributed by atoms with E-state index >= 15 is 0 Å². The van der Waals surface area contributed by atoms with Crippen LogP contribution in [0.1, 0.15) is 90.4 Å². The molecule has 0 aromatic carbocycles. The van der Waals surface area contributed by atoms with Crippen molar-refractivity contribution in [2.45, 2.75) is 96.0 Å². The molecule has 0 saturated carbocycles. The van der Waals surface area contributed by atoms with Gasteiger partial charge in [0.15, 0.2) is 11.4 Å². The van der Waals surface area contributed by atoms with Crippen molar-refractivity contribution in [3.63, 3.8) is 0 Å². The summed E-state index contributed by atoms with van der Waals surface area (Å²) in [6, 6.07) is 0. The first-order chi connectivity index (χ1) is 12.1. The first-order valence-corrected chi connectivity index (χ1v) is 10.4. The maximum atomic E-state index is 12.4. The Bertz CT molecular complexity index is 406. The third-order valence-corrected chi connectivity index (χ3v) is 4.70. The highest BCUT2D eigenvalue weighted by Gasteiger charge is 2.40. The zero-order chi connectivity index (χ0) is 20.1. The number of hydrogen-bond donors (Lipinski definition) is 1. The van der Waals surface area contributed by atoms with E-state index in [0.29, 0.717) is 10.9 Å². The number of ketones is 1. The van der Waals surface area contributed by atoms with Crippen molar-refractivity contribution < 1.29 is 29.8 Å². The maximum absolute atomic E-state index is 12.4. The fourth-order valence-corrected chi connectivity index (χ4v) is 3.45. The van der Waals surface area contributed by atoms with Crippen LogP contribution in [0.2, 0.25) is 0 Å². The highest BCUT2D eigenvalue weighted by Crippen LogP contribution is 2.20. The van der Waals surface area contributed by atoms with E-state index in [9.17, 15) is 19.8 Å². The summed E-state index contributed by atoms with van der Waals surface area (Å²) in [6.45, 7) is 2.31. The lowest BCUT2D eigenvalue weighted by Crippen LogP contribution is -2.56. The zero-order valence-corrected chi connectivity index (χ0v) is 18.0. The van der Waals surface area contributed by atoms with E-state index in [4.69, 9.17) is 0 Å². The lowest BCUT2D eigenvalue weighted by atomic mass is 9.89. The van der Waals surface area contributed by atoms with Gasteiger partial charge in [-0.2, -0.15) is 0 Å². The van der Waals surface area contributed by atoms with Crippen LogP contribution in [0, 0.1) is 0 Å². The molecule has 1 atom stereocenters. The van der Waals surface area contributed by atoms with E-state index in [1.54, 1.807) is 0 Å². The number of nitrogens with zero attached hydrogens (tertiary/aromatic N) is 1. The molecule has 6 nitrogen and oxygen atoms in total. The van der Waals surface area contributed by atoms with Crippen molar-refractivity contribution >= 4 is 11.8 Å². The second kappa shape index (κ2) is 15.0. The van der Waals surface area contributed by atoms with Crippen LogP contribution in [-0.2, 0) is 9.59 Å². The van der Waals surface area contributed by atoms with Crippen LogP contribution in [0.4, 0.5) is 0 Å².